The Hall–Kier alpha value is -1.86. The van der Waals surface area contributed by atoms with E-state index in [0.717, 1.165) is 25.8 Å². The number of rotatable bonds is 4. The zero-order valence-corrected chi connectivity index (χ0v) is 23.9. The van der Waals surface area contributed by atoms with Crippen LogP contribution >= 0.6 is 38.6 Å². The molecule has 3 nitrogen and oxygen atoms in total. The number of nitrogens with zero attached hydrogens (tertiary/aromatic N) is 2. The van der Waals surface area contributed by atoms with Crippen LogP contribution in [0.4, 0.5) is 0 Å². The molecule has 0 aliphatic carbocycles. The third kappa shape index (κ3) is 7.08. The molecule has 0 aliphatic heterocycles. The van der Waals surface area contributed by atoms with E-state index in [0.29, 0.717) is 0 Å². The van der Waals surface area contributed by atoms with Gasteiger partial charge in [0.1, 0.15) is 10.0 Å². The number of thiazole rings is 2. The summed E-state index contributed by atoms with van der Waals surface area (Å²) in [7, 11) is 0. The summed E-state index contributed by atoms with van der Waals surface area (Å²) >= 11 is 6.73. The minimum absolute atomic E-state index is 0.0672. The van der Waals surface area contributed by atoms with Gasteiger partial charge in [-0.2, -0.15) is 0 Å². The van der Waals surface area contributed by atoms with Gasteiger partial charge in [0.05, 0.1) is 11.5 Å². The molecular weight excluding hydrogens is 524 g/mol. The highest BCUT2D eigenvalue weighted by Gasteiger charge is 2.14. The third-order valence-electron chi connectivity index (χ3n) is 5.39. The number of aromatic nitrogens is 2. The third-order valence-corrected chi connectivity index (χ3v) is 8.44. The van der Waals surface area contributed by atoms with E-state index in [1.165, 1.54) is 32.9 Å². The lowest BCUT2D eigenvalue weighted by molar-refractivity contribution is 0.285. The maximum Gasteiger partial charge on any atom is 0.123 e. The lowest BCUT2D eigenvalue weighted by atomic mass is 9.87. The smallest absolute Gasteiger partial charge is 0.123 e. The van der Waals surface area contributed by atoms with Crippen LogP contribution in [-0.4, -0.2) is 15.1 Å². The lowest BCUT2D eigenvalue weighted by Crippen LogP contribution is -2.10. The van der Waals surface area contributed by atoms with Gasteiger partial charge in [0.15, 0.2) is 0 Å². The van der Waals surface area contributed by atoms with Gasteiger partial charge < -0.3 is 5.11 Å². The van der Waals surface area contributed by atoms with Crippen LogP contribution in [-0.2, 0) is 22.8 Å². The normalized spacial score (nSPS) is 11.8. The van der Waals surface area contributed by atoms with Gasteiger partial charge in [-0.05, 0) is 22.0 Å². The molecule has 0 bridgehead atoms. The Morgan fingerprint density at radius 3 is 1.35 bits per heavy atom. The van der Waals surface area contributed by atoms with E-state index in [2.05, 4.69) is 116 Å². The largest absolute Gasteiger partial charge is 0.391 e. The van der Waals surface area contributed by atoms with Crippen molar-refractivity contribution in [3.63, 3.8) is 0 Å². The first-order valence-corrected chi connectivity index (χ1v) is 14.0. The van der Waals surface area contributed by atoms with E-state index in [4.69, 9.17) is 5.11 Å². The standard InChI is InChI=1S/C14H16BrNS.C14H17NOS/c1-14(2,3)11-6-4-10(5-7-11)13-16-9-12(8-15)17-13;1-14(2,3)11-6-4-10(5-7-11)13-15-8-12(9-16)17-13/h4-7,9H,8H2,1-3H3;4-8,16H,9H2,1-3H3. The molecule has 1 N–H and O–H groups in total. The highest BCUT2D eigenvalue weighted by Crippen LogP contribution is 2.30. The molecular formula is C28H33BrN2OS2. The SMILES string of the molecule is CC(C)(C)c1ccc(-c2ncc(CBr)s2)cc1.CC(C)(C)c1ccc(-c2ncc(CO)s2)cc1. The van der Waals surface area contributed by atoms with Gasteiger partial charge >= 0.3 is 0 Å². The number of hydrogen-bond acceptors (Lipinski definition) is 5. The quantitative estimate of drug-likeness (QED) is 0.256. The molecule has 4 aromatic rings. The Labute approximate surface area is 220 Å². The Morgan fingerprint density at radius 1 is 0.676 bits per heavy atom. The first-order valence-electron chi connectivity index (χ1n) is 11.3. The highest BCUT2D eigenvalue weighted by molar-refractivity contribution is 9.08. The molecule has 180 valence electrons. The van der Waals surface area contributed by atoms with Crippen LogP contribution in [0.3, 0.4) is 0 Å². The second-order valence-electron chi connectivity index (χ2n) is 10.2. The van der Waals surface area contributed by atoms with Gasteiger partial charge in [-0.25, -0.2) is 9.97 Å². The zero-order valence-electron chi connectivity index (χ0n) is 20.7. The summed E-state index contributed by atoms with van der Waals surface area (Å²) in [4.78, 5) is 10.9. The molecule has 0 spiro atoms. The Balaban J connectivity index is 0.000000191. The molecule has 34 heavy (non-hydrogen) atoms. The second kappa shape index (κ2) is 11.3. The number of hydrogen-bond donors (Lipinski definition) is 1. The van der Waals surface area contributed by atoms with Crippen LogP contribution in [0.1, 0.15) is 62.4 Å². The fourth-order valence-corrected chi connectivity index (χ4v) is 5.28. The van der Waals surface area contributed by atoms with E-state index in [1.54, 1.807) is 17.5 Å². The molecule has 6 heteroatoms. The van der Waals surface area contributed by atoms with Crippen molar-refractivity contribution in [2.24, 2.45) is 0 Å². The molecule has 0 saturated carbocycles. The molecule has 2 heterocycles. The molecule has 0 aliphatic rings. The first kappa shape index (κ1) is 26.7. The van der Waals surface area contributed by atoms with Crippen molar-refractivity contribution in [1.29, 1.82) is 0 Å². The summed E-state index contributed by atoms with van der Waals surface area (Å²) < 4.78 is 0. The maximum atomic E-state index is 9.02. The summed E-state index contributed by atoms with van der Waals surface area (Å²) in [5.74, 6) is 0. The second-order valence-corrected chi connectivity index (χ2v) is 13.0. The number of benzene rings is 2. The lowest BCUT2D eigenvalue weighted by Gasteiger charge is -2.18. The topological polar surface area (TPSA) is 46.0 Å². The van der Waals surface area contributed by atoms with Crippen LogP contribution in [0.15, 0.2) is 60.9 Å². The van der Waals surface area contributed by atoms with E-state index in [1.807, 2.05) is 6.20 Å². The predicted molar refractivity (Wildman–Crippen MR) is 151 cm³/mol. The summed E-state index contributed by atoms with van der Waals surface area (Å²) in [5, 5.41) is 12.0. The monoisotopic (exact) mass is 556 g/mol. The molecule has 0 fully saturated rings. The molecule has 0 amide bonds. The molecule has 0 saturated heterocycles. The van der Waals surface area contributed by atoms with Gasteiger partial charge in [0, 0.05) is 33.7 Å². The van der Waals surface area contributed by atoms with Crippen molar-refractivity contribution in [2.75, 3.05) is 0 Å². The summed E-state index contributed by atoms with van der Waals surface area (Å²) in [5.41, 5.74) is 5.39. The average Bonchev–Trinajstić information content (AvgIpc) is 3.48. The minimum atomic E-state index is 0.0672. The van der Waals surface area contributed by atoms with Gasteiger partial charge in [-0.15, -0.1) is 22.7 Å². The van der Waals surface area contributed by atoms with Crippen LogP contribution in [0, 0.1) is 0 Å². The minimum Gasteiger partial charge on any atom is -0.391 e. The van der Waals surface area contributed by atoms with Crippen LogP contribution in [0.5, 0.6) is 0 Å². The fourth-order valence-electron chi connectivity index (χ4n) is 3.24. The maximum absolute atomic E-state index is 9.02. The van der Waals surface area contributed by atoms with E-state index in [-0.39, 0.29) is 17.4 Å². The molecule has 2 aromatic heterocycles. The molecule has 0 radical (unpaired) electrons. The van der Waals surface area contributed by atoms with Crippen LogP contribution in [0.25, 0.3) is 21.1 Å². The van der Waals surface area contributed by atoms with Gasteiger partial charge in [0.25, 0.3) is 0 Å². The number of aliphatic hydroxyl groups excluding tert-OH is 1. The molecule has 4 rings (SSSR count). The van der Waals surface area contributed by atoms with Gasteiger partial charge in [-0.3, -0.25) is 0 Å². The van der Waals surface area contributed by atoms with Crippen LogP contribution < -0.4 is 0 Å². The molecule has 0 atom stereocenters. The van der Waals surface area contributed by atoms with Crippen molar-refractivity contribution in [3.05, 3.63) is 81.8 Å². The van der Waals surface area contributed by atoms with E-state index < -0.39 is 0 Å². The van der Waals surface area contributed by atoms with Crippen molar-refractivity contribution in [1.82, 2.24) is 9.97 Å². The number of aliphatic hydroxyl groups is 1. The zero-order chi connectivity index (χ0) is 24.9. The molecule has 0 unspecified atom stereocenters. The highest BCUT2D eigenvalue weighted by atomic mass is 79.9. The predicted octanol–water partition coefficient (Wildman–Crippen LogP) is 8.60. The van der Waals surface area contributed by atoms with Crippen molar-refractivity contribution in [2.45, 2.75) is 64.3 Å². The Morgan fingerprint density at radius 2 is 1.06 bits per heavy atom. The summed E-state index contributed by atoms with van der Waals surface area (Å²) in [6.07, 6.45) is 3.67. The van der Waals surface area contributed by atoms with Gasteiger partial charge in [-0.1, -0.05) is 106 Å². The van der Waals surface area contributed by atoms with Crippen molar-refractivity contribution < 1.29 is 5.11 Å². The summed E-state index contributed by atoms with van der Waals surface area (Å²) in [6.45, 7) is 13.4. The number of alkyl halides is 1. The fraction of sp³-hybridized carbons (Fsp3) is 0.357. The number of halogens is 1. The Bertz CT molecular complexity index is 1090. The first-order chi connectivity index (χ1) is 16.0. The van der Waals surface area contributed by atoms with Gasteiger partial charge in [0.2, 0.25) is 0 Å². The summed E-state index contributed by atoms with van der Waals surface area (Å²) in [6, 6.07) is 17.2. The van der Waals surface area contributed by atoms with E-state index >= 15 is 0 Å². The van der Waals surface area contributed by atoms with E-state index in [9.17, 15) is 0 Å². The Kier molecular flexibility index (Phi) is 8.85. The molecule has 2 aromatic carbocycles. The van der Waals surface area contributed by atoms with Crippen molar-refractivity contribution >= 4 is 38.6 Å². The average molecular weight is 558 g/mol. The van der Waals surface area contributed by atoms with Crippen LogP contribution in [0.2, 0.25) is 0 Å². The van der Waals surface area contributed by atoms with Crippen molar-refractivity contribution in [3.8, 4) is 21.1 Å².